The molecule has 0 atom stereocenters. The first-order valence-electron chi connectivity index (χ1n) is 17.8. The van der Waals surface area contributed by atoms with Gasteiger partial charge in [0, 0.05) is 12.1 Å². The van der Waals surface area contributed by atoms with E-state index in [0.717, 1.165) is 55.2 Å². The highest BCUT2D eigenvalue weighted by Gasteiger charge is 2.21. The van der Waals surface area contributed by atoms with Crippen molar-refractivity contribution >= 4 is 48.9 Å². The molecule has 0 heterocycles. The zero-order chi connectivity index (χ0) is 37.3. The van der Waals surface area contributed by atoms with E-state index < -0.39 is 16.8 Å². The topological polar surface area (TPSA) is 36.9 Å². The van der Waals surface area contributed by atoms with Crippen molar-refractivity contribution < 1.29 is 18.1 Å². The highest BCUT2D eigenvalue weighted by atomic mass is 31.2. The molecule has 2 radical (unpaired) electrons. The van der Waals surface area contributed by atoms with Crippen LogP contribution >= 0.6 is 16.8 Å². The predicted molar refractivity (Wildman–Crippen MR) is 226 cm³/mol. The van der Waals surface area contributed by atoms with E-state index in [1.165, 1.54) is 22.3 Å². The molecule has 0 saturated carbocycles. The fourth-order valence-electron chi connectivity index (χ4n) is 5.44. The lowest BCUT2D eigenvalue weighted by atomic mass is 10.1. The van der Waals surface area contributed by atoms with Gasteiger partial charge in [0.15, 0.2) is 0 Å². The maximum absolute atomic E-state index is 6.25. The van der Waals surface area contributed by atoms with E-state index in [0.29, 0.717) is 0 Å². The summed E-state index contributed by atoms with van der Waals surface area (Å²) in [7, 11) is -2.71. The molecular formula is C48H40O4P2. The summed E-state index contributed by atoms with van der Waals surface area (Å²) >= 11 is 0. The zero-order valence-electron chi connectivity index (χ0n) is 30.7. The molecule has 266 valence electrons. The highest BCUT2D eigenvalue weighted by molar-refractivity contribution is 7.57. The van der Waals surface area contributed by atoms with Gasteiger partial charge in [0.2, 0.25) is 0 Å². The third kappa shape index (κ3) is 9.85. The smallest absolute Gasteiger partial charge is 0.326 e. The third-order valence-electron chi connectivity index (χ3n) is 8.52. The van der Waals surface area contributed by atoms with E-state index in [1.54, 1.807) is 0 Å². The Kier molecular flexibility index (Phi) is 11.9. The molecule has 0 aliphatic carbocycles. The van der Waals surface area contributed by atoms with Crippen molar-refractivity contribution in [3.63, 3.8) is 0 Å². The van der Waals surface area contributed by atoms with Gasteiger partial charge in [-0.2, -0.15) is 0 Å². The first-order valence-corrected chi connectivity index (χ1v) is 20.1. The van der Waals surface area contributed by atoms with Crippen molar-refractivity contribution in [3.05, 3.63) is 204 Å². The fourth-order valence-corrected chi connectivity index (χ4v) is 7.97. The summed E-state index contributed by atoms with van der Waals surface area (Å²) in [6, 6.07) is 63.7. The molecule has 6 heteroatoms. The second-order valence-corrected chi connectivity index (χ2v) is 15.7. The SMILES string of the molecule is Cc1ccc(OP(Oc2ccc(C)cc2)c2[c]c3ccccc3cc2)cc1.Cc1ccc(OP(Oc2ccc(C)cc2)c2[c]c3ccccc3cc2)cc1. The summed E-state index contributed by atoms with van der Waals surface area (Å²) in [5, 5.41) is 6.27. The summed E-state index contributed by atoms with van der Waals surface area (Å²) in [5.74, 6) is 3.17. The molecule has 8 rings (SSSR count). The molecule has 0 saturated heterocycles. The van der Waals surface area contributed by atoms with Crippen LogP contribution in [-0.2, 0) is 0 Å². The predicted octanol–water partition coefficient (Wildman–Crippen LogP) is 12.7. The van der Waals surface area contributed by atoms with Crippen molar-refractivity contribution in [3.8, 4) is 23.0 Å². The minimum absolute atomic E-state index is 0.792. The van der Waals surface area contributed by atoms with Crippen LogP contribution < -0.4 is 28.7 Å². The van der Waals surface area contributed by atoms with Gasteiger partial charge in [-0.1, -0.05) is 131 Å². The van der Waals surface area contributed by atoms with Gasteiger partial charge in [0.1, 0.15) is 23.0 Å². The lowest BCUT2D eigenvalue weighted by Gasteiger charge is -2.19. The van der Waals surface area contributed by atoms with Crippen LogP contribution in [0.4, 0.5) is 0 Å². The Morgan fingerprint density at radius 3 is 0.889 bits per heavy atom. The lowest BCUT2D eigenvalue weighted by molar-refractivity contribution is 0.501. The lowest BCUT2D eigenvalue weighted by Crippen LogP contribution is -2.10. The molecule has 0 spiro atoms. The van der Waals surface area contributed by atoms with E-state index in [4.69, 9.17) is 18.1 Å². The van der Waals surface area contributed by atoms with Crippen LogP contribution in [0.5, 0.6) is 23.0 Å². The largest absolute Gasteiger partial charge is 0.435 e. The van der Waals surface area contributed by atoms with Crippen molar-refractivity contribution in [2.75, 3.05) is 0 Å². The molecule has 0 fully saturated rings. The Balaban J connectivity index is 0.000000167. The summed E-state index contributed by atoms with van der Waals surface area (Å²) in [5.41, 5.74) is 4.79. The fraction of sp³-hybridized carbons (Fsp3) is 0.0833. The van der Waals surface area contributed by atoms with Crippen LogP contribution in [0.3, 0.4) is 0 Å². The normalized spacial score (nSPS) is 10.9. The molecule has 8 aromatic rings. The molecule has 0 aromatic heterocycles. The Hall–Kier alpha value is -5.66. The molecular weight excluding hydrogens is 702 g/mol. The van der Waals surface area contributed by atoms with Gasteiger partial charge in [-0.3, -0.25) is 0 Å². The molecule has 0 unspecified atom stereocenters. The molecule has 0 bridgehead atoms. The Morgan fingerprint density at radius 2 is 0.593 bits per heavy atom. The number of fused-ring (bicyclic) bond motifs is 2. The maximum Gasteiger partial charge on any atom is 0.326 e. The molecule has 8 aromatic carbocycles. The van der Waals surface area contributed by atoms with Crippen molar-refractivity contribution in [2.45, 2.75) is 27.7 Å². The van der Waals surface area contributed by atoms with E-state index in [9.17, 15) is 0 Å². The van der Waals surface area contributed by atoms with Gasteiger partial charge in [-0.25, -0.2) is 0 Å². The average Bonchev–Trinajstić information content (AvgIpc) is 3.20. The van der Waals surface area contributed by atoms with E-state index >= 15 is 0 Å². The molecule has 0 aliphatic rings. The number of hydrogen-bond donors (Lipinski definition) is 0. The second-order valence-electron chi connectivity index (χ2n) is 13.0. The second kappa shape index (κ2) is 17.4. The van der Waals surface area contributed by atoms with Gasteiger partial charge in [0.05, 0.1) is 10.6 Å². The average molecular weight is 743 g/mol. The van der Waals surface area contributed by atoms with Crippen LogP contribution in [0.15, 0.2) is 170 Å². The molecule has 0 amide bonds. The quantitative estimate of drug-likeness (QED) is 0.131. The summed E-state index contributed by atoms with van der Waals surface area (Å²) in [4.78, 5) is 0. The van der Waals surface area contributed by atoms with Gasteiger partial charge in [0.25, 0.3) is 0 Å². The maximum atomic E-state index is 6.25. The van der Waals surface area contributed by atoms with Gasteiger partial charge >= 0.3 is 16.8 Å². The van der Waals surface area contributed by atoms with Gasteiger partial charge < -0.3 is 18.1 Å². The van der Waals surface area contributed by atoms with Crippen molar-refractivity contribution in [1.82, 2.24) is 0 Å². The van der Waals surface area contributed by atoms with Gasteiger partial charge in [-0.05, 0) is 110 Å². The third-order valence-corrected chi connectivity index (χ3v) is 11.3. The van der Waals surface area contributed by atoms with Crippen molar-refractivity contribution in [2.24, 2.45) is 0 Å². The first kappa shape index (κ1) is 36.7. The Bertz CT molecular complexity index is 2160. The van der Waals surface area contributed by atoms with E-state index in [1.807, 2.05) is 133 Å². The van der Waals surface area contributed by atoms with Crippen molar-refractivity contribution in [1.29, 1.82) is 0 Å². The monoisotopic (exact) mass is 742 g/mol. The summed E-state index contributed by atoms with van der Waals surface area (Å²) in [6.45, 7) is 8.25. The number of benzene rings is 8. The molecule has 0 aliphatic heterocycles. The first-order chi connectivity index (χ1) is 26.3. The molecule has 54 heavy (non-hydrogen) atoms. The number of aryl methyl sites for hydroxylation is 4. The van der Waals surface area contributed by atoms with Crippen LogP contribution in [0.1, 0.15) is 22.3 Å². The molecule has 4 nitrogen and oxygen atoms in total. The van der Waals surface area contributed by atoms with E-state index in [-0.39, 0.29) is 0 Å². The zero-order valence-corrected chi connectivity index (χ0v) is 32.5. The van der Waals surface area contributed by atoms with Crippen LogP contribution in [0.2, 0.25) is 0 Å². The number of rotatable bonds is 10. The summed E-state index contributed by atoms with van der Waals surface area (Å²) in [6.07, 6.45) is 0. The van der Waals surface area contributed by atoms with E-state index in [2.05, 4.69) is 76.2 Å². The highest BCUT2D eigenvalue weighted by Crippen LogP contribution is 2.41. The summed E-state index contributed by atoms with van der Waals surface area (Å²) < 4.78 is 25.0. The minimum Gasteiger partial charge on any atom is -0.435 e. The Morgan fingerprint density at radius 1 is 0.315 bits per heavy atom. The minimum atomic E-state index is -1.36. The molecule has 0 N–H and O–H groups in total. The van der Waals surface area contributed by atoms with Crippen LogP contribution in [-0.4, -0.2) is 0 Å². The van der Waals surface area contributed by atoms with Crippen LogP contribution in [0.25, 0.3) is 21.5 Å². The van der Waals surface area contributed by atoms with Crippen LogP contribution in [0, 0.1) is 39.8 Å². The Labute approximate surface area is 320 Å². The standard InChI is InChI=1S/2C24H20O2P/c2*1-18-7-12-22(13-8-18)25-27(26-23-14-9-19(2)10-15-23)24-16-11-20-5-3-4-6-21(20)17-24/h2*3-16H,1-2H3. The van der Waals surface area contributed by atoms with Gasteiger partial charge in [-0.15, -0.1) is 0 Å². The number of hydrogen-bond acceptors (Lipinski definition) is 4.